The van der Waals surface area contributed by atoms with Crippen molar-refractivity contribution in [1.82, 2.24) is 0 Å². The normalized spacial score (nSPS) is 11.9. The van der Waals surface area contributed by atoms with Gasteiger partial charge in [0.2, 0.25) is 0 Å². The maximum atomic E-state index is 5.07. The second-order valence-corrected chi connectivity index (χ2v) is 10.4. The fraction of sp³-hybridized carbons (Fsp3) is 0.132. The molecule has 5 aromatic carbocycles. The maximum absolute atomic E-state index is 5.07. The molecule has 0 aliphatic carbocycles. The number of hydrogen-bond donors (Lipinski definition) is 0. The van der Waals surface area contributed by atoms with Gasteiger partial charge < -0.3 is 0 Å². The monoisotopic (exact) mass is 533 g/mol. The van der Waals surface area contributed by atoms with Crippen molar-refractivity contribution in [2.75, 3.05) is 0 Å². The molecule has 3 nitrogen and oxygen atoms in total. The largest absolute Gasteiger partial charge is 0.261 e. The molecule has 0 saturated heterocycles. The fourth-order valence-corrected chi connectivity index (χ4v) is 5.25. The predicted molar refractivity (Wildman–Crippen MR) is 175 cm³/mol. The Morgan fingerprint density at radius 1 is 0.561 bits per heavy atom. The molecule has 0 saturated carbocycles. The van der Waals surface area contributed by atoms with Crippen molar-refractivity contribution < 1.29 is 0 Å². The van der Waals surface area contributed by atoms with Gasteiger partial charge in [-0.2, -0.15) is 0 Å². The number of aliphatic imine (C=N–C) groups is 3. The van der Waals surface area contributed by atoms with Crippen molar-refractivity contribution in [3.8, 4) is 22.3 Å². The van der Waals surface area contributed by atoms with Gasteiger partial charge in [0.15, 0.2) is 11.7 Å². The zero-order valence-corrected chi connectivity index (χ0v) is 24.2. The van der Waals surface area contributed by atoms with E-state index in [-0.39, 0.29) is 0 Å². The summed E-state index contributed by atoms with van der Waals surface area (Å²) in [5, 5.41) is 0. The fourth-order valence-electron chi connectivity index (χ4n) is 5.25. The first kappa shape index (κ1) is 27.7. The first-order chi connectivity index (χ1) is 20.0. The standard InChI is InChI=1S/C38H35N3/c1-26-14-9-11-18-32(26)34-23-22-31(24-28(34)3)37(40-25-30-16-7-6-8-17-30)41-38(39-5)36-21-13-20-35(29(36)4)33-19-12-10-15-27(33)2/h6-24H,5,25H2,1-4H3/b40-37-,41-38-. The van der Waals surface area contributed by atoms with E-state index < -0.39 is 0 Å². The molecule has 0 unspecified atom stereocenters. The molecule has 3 heteroatoms. The van der Waals surface area contributed by atoms with Gasteiger partial charge in [-0.1, -0.05) is 109 Å². The molecule has 0 N–H and O–H groups in total. The van der Waals surface area contributed by atoms with Crippen LogP contribution in [-0.4, -0.2) is 18.4 Å². The summed E-state index contributed by atoms with van der Waals surface area (Å²) in [5.41, 5.74) is 12.6. The molecule has 0 aliphatic rings. The van der Waals surface area contributed by atoms with Gasteiger partial charge in [-0.05, 0) is 90.5 Å². The van der Waals surface area contributed by atoms with E-state index in [0.29, 0.717) is 18.2 Å². The molecule has 0 aliphatic heterocycles. The third kappa shape index (κ3) is 6.15. The van der Waals surface area contributed by atoms with Crippen LogP contribution in [0.3, 0.4) is 0 Å². The summed E-state index contributed by atoms with van der Waals surface area (Å²) in [6, 6.07) is 39.9. The Hall–Kier alpha value is -4.89. The van der Waals surface area contributed by atoms with E-state index in [4.69, 9.17) is 9.98 Å². The van der Waals surface area contributed by atoms with Crippen molar-refractivity contribution in [3.63, 3.8) is 0 Å². The highest BCUT2D eigenvalue weighted by Gasteiger charge is 2.15. The number of rotatable bonds is 6. The van der Waals surface area contributed by atoms with Gasteiger partial charge in [0, 0.05) is 11.1 Å². The van der Waals surface area contributed by atoms with E-state index in [1.807, 2.05) is 18.2 Å². The smallest absolute Gasteiger partial charge is 0.161 e. The van der Waals surface area contributed by atoms with Gasteiger partial charge >= 0.3 is 0 Å². The number of hydrogen-bond acceptors (Lipinski definition) is 1. The van der Waals surface area contributed by atoms with Crippen LogP contribution in [0, 0.1) is 27.7 Å². The SMILES string of the molecule is C=N/C(=N\C(=N/Cc1ccccc1)c1ccc(-c2ccccc2C)c(C)c1)c1cccc(-c2ccccc2C)c1C. The molecule has 41 heavy (non-hydrogen) atoms. The van der Waals surface area contributed by atoms with E-state index in [0.717, 1.165) is 27.8 Å². The van der Waals surface area contributed by atoms with E-state index in [1.165, 1.54) is 33.4 Å². The van der Waals surface area contributed by atoms with Crippen LogP contribution >= 0.6 is 0 Å². The highest BCUT2D eigenvalue weighted by atomic mass is 15.0. The molecule has 0 spiro atoms. The lowest BCUT2D eigenvalue weighted by molar-refractivity contribution is 1.06. The van der Waals surface area contributed by atoms with Gasteiger partial charge in [0.25, 0.3) is 0 Å². The number of nitrogens with zero attached hydrogens (tertiary/aromatic N) is 3. The second kappa shape index (κ2) is 12.5. The lowest BCUT2D eigenvalue weighted by atomic mass is 9.93. The zero-order chi connectivity index (χ0) is 28.8. The van der Waals surface area contributed by atoms with Crippen LogP contribution in [0.5, 0.6) is 0 Å². The Bertz CT molecular complexity index is 1760. The molecular weight excluding hydrogens is 498 g/mol. The van der Waals surface area contributed by atoms with Crippen LogP contribution in [0.1, 0.15) is 38.9 Å². The second-order valence-electron chi connectivity index (χ2n) is 10.4. The molecule has 0 atom stereocenters. The Labute approximate surface area is 243 Å². The Balaban J connectivity index is 1.61. The molecule has 0 fully saturated rings. The molecule has 5 rings (SSSR count). The number of benzene rings is 5. The van der Waals surface area contributed by atoms with Crippen LogP contribution in [-0.2, 0) is 6.54 Å². The molecule has 0 radical (unpaired) electrons. The molecule has 0 aromatic heterocycles. The van der Waals surface area contributed by atoms with Gasteiger partial charge in [-0.25, -0.2) is 9.98 Å². The van der Waals surface area contributed by atoms with Gasteiger partial charge in [-0.15, -0.1) is 0 Å². The average Bonchev–Trinajstić information content (AvgIpc) is 2.99. The van der Waals surface area contributed by atoms with Gasteiger partial charge in [0.1, 0.15) is 0 Å². The molecule has 202 valence electrons. The van der Waals surface area contributed by atoms with Crippen LogP contribution < -0.4 is 0 Å². The third-order valence-electron chi connectivity index (χ3n) is 7.55. The summed E-state index contributed by atoms with van der Waals surface area (Å²) in [6.07, 6.45) is 0. The summed E-state index contributed by atoms with van der Waals surface area (Å²) in [4.78, 5) is 14.5. The maximum Gasteiger partial charge on any atom is 0.161 e. The summed E-state index contributed by atoms with van der Waals surface area (Å²) in [7, 11) is 0. The summed E-state index contributed by atoms with van der Waals surface area (Å²) in [6.45, 7) is 13.0. The quantitative estimate of drug-likeness (QED) is 0.154. The Morgan fingerprint density at radius 3 is 1.78 bits per heavy atom. The first-order valence-corrected chi connectivity index (χ1v) is 13.9. The van der Waals surface area contributed by atoms with E-state index in [9.17, 15) is 0 Å². The molecule has 0 amide bonds. The van der Waals surface area contributed by atoms with E-state index >= 15 is 0 Å². The minimum absolute atomic E-state index is 0.519. The van der Waals surface area contributed by atoms with Crippen molar-refractivity contribution in [3.05, 3.63) is 154 Å². The highest BCUT2D eigenvalue weighted by molar-refractivity contribution is 6.13. The van der Waals surface area contributed by atoms with Crippen LogP contribution in [0.25, 0.3) is 22.3 Å². The number of amidine groups is 2. The minimum atomic E-state index is 0.519. The first-order valence-electron chi connectivity index (χ1n) is 13.9. The van der Waals surface area contributed by atoms with Gasteiger partial charge in [0.05, 0.1) is 6.54 Å². The highest BCUT2D eigenvalue weighted by Crippen LogP contribution is 2.30. The Morgan fingerprint density at radius 2 is 1.15 bits per heavy atom. The van der Waals surface area contributed by atoms with Crippen molar-refractivity contribution in [2.45, 2.75) is 34.2 Å². The van der Waals surface area contributed by atoms with Gasteiger partial charge in [-0.3, -0.25) is 4.99 Å². The van der Waals surface area contributed by atoms with Crippen LogP contribution in [0.15, 0.2) is 130 Å². The van der Waals surface area contributed by atoms with Crippen molar-refractivity contribution in [1.29, 1.82) is 0 Å². The predicted octanol–water partition coefficient (Wildman–Crippen LogP) is 9.35. The topological polar surface area (TPSA) is 37.1 Å². The summed E-state index contributed by atoms with van der Waals surface area (Å²) in [5.74, 6) is 1.20. The Kier molecular flexibility index (Phi) is 8.45. The molecule has 0 heterocycles. The third-order valence-corrected chi connectivity index (χ3v) is 7.55. The van der Waals surface area contributed by atoms with Crippen molar-refractivity contribution >= 4 is 18.4 Å². The average molecular weight is 534 g/mol. The molecular formula is C38H35N3. The van der Waals surface area contributed by atoms with Crippen LogP contribution in [0.2, 0.25) is 0 Å². The minimum Gasteiger partial charge on any atom is -0.261 e. The molecule has 0 bridgehead atoms. The lowest BCUT2D eigenvalue weighted by Gasteiger charge is -2.14. The molecule has 5 aromatic rings. The summed E-state index contributed by atoms with van der Waals surface area (Å²) < 4.78 is 0. The summed E-state index contributed by atoms with van der Waals surface area (Å²) >= 11 is 0. The zero-order valence-electron chi connectivity index (χ0n) is 24.2. The lowest BCUT2D eigenvalue weighted by Crippen LogP contribution is -2.08. The number of aryl methyl sites for hydroxylation is 3. The van der Waals surface area contributed by atoms with Crippen LogP contribution in [0.4, 0.5) is 0 Å². The van der Waals surface area contributed by atoms with E-state index in [2.05, 4.69) is 136 Å². The van der Waals surface area contributed by atoms with E-state index in [1.54, 1.807) is 0 Å². The van der Waals surface area contributed by atoms with Crippen molar-refractivity contribution in [2.24, 2.45) is 15.0 Å².